The Hall–Kier alpha value is -7.60. The van der Waals surface area contributed by atoms with Gasteiger partial charge >= 0.3 is 0 Å². The van der Waals surface area contributed by atoms with Crippen molar-refractivity contribution in [3.8, 4) is 17.2 Å². The molecule has 0 amide bonds. The number of nitrogens with zero attached hydrogens (tertiary/aromatic N) is 9. The molecular formula is C63H92ClN15O12S6. The lowest BCUT2D eigenvalue weighted by molar-refractivity contribution is 0.408. The maximum Gasteiger partial charge on any atom is 0.247 e. The van der Waals surface area contributed by atoms with Crippen LogP contribution in [0, 0.1) is 19.8 Å². The van der Waals surface area contributed by atoms with E-state index >= 15 is 0 Å². The monoisotopic (exact) mass is 1480 g/mol. The van der Waals surface area contributed by atoms with E-state index < -0.39 is 35.8 Å². The van der Waals surface area contributed by atoms with Crippen LogP contribution in [0.4, 0.5) is 52.0 Å². The van der Waals surface area contributed by atoms with Crippen LogP contribution in [0.1, 0.15) is 160 Å². The number of aromatic hydroxyl groups is 3. The van der Waals surface area contributed by atoms with Crippen molar-refractivity contribution >= 4 is 129 Å². The fourth-order valence-electron chi connectivity index (χ4n) is 8.87. The number of para-hydroxylation sites is 2. The van der Waals surface area contributed by atoms with Crippen molar-refractivity contribution in [2.45, 2.75) is 149 Å². The molecule has 27 nitrogen and oxygen atoms in total. The molecule has 0 saturated carbocycles. The van der Waals surface area contributed by atoms with Crippen molar-refractivity contribution in [1.82, 2.24) is 39.2 Å². The predicted molar refractivity (Wildman–Crippen MR) is 390 cm³/mol. The van der Waals surface area contributed by atoms with Crippen LogP contribution in [0.5, 0.6) is 17.2 Å². The van der Waals surface area contributed by atoms with Crippen molar-refractivity contribution in [2.24, 2.45) is 5.92 Å². The number of hydrogen-bond donors (Lipinski definition) is 9. The molecule has 97 heavy (non-hydrogen) atoms. The lowest BCUT2D eigenvalue weighted by Gasteiger charge is -2.21. The van der Waals surface area contributed by atoms with Crippen LogP contribution in [0.15, 0.2) is 107 Å². The molecule has 6 aromatic heterocycles. The molecule has 0 spiro atoms. The quantitative estimate of drug-likeness (QED) is 0.0227. The summed E-state index contributed by atoms with van der Waals surface area (Å²) in [4.78, 5) is -0.764. The van der Waals surface area contributed by atoms with Gasteiger partial charge in [-0.3, -0.25) is 0 Å². The third-order valence-electron chi connectivity index (χ3n) is 14.8. The summed E-state index contributed by atoms with van der Waals surface area (Å²) in [5.74, 6) is 5.42. The van der Waals surface area contributed by atoms with Gasteiger partial charge in [-0.05, 0) is 116 Å². The van der Waals surface area contributed by atoms with Crippen LogP contribution in [0.3, 0.4) is 0 Å². The molecule has 0 fully saturated rings. The first kappa shape index (κ1) is 81.8. The Bertz CT molecular complexity index is 4350. The number of furan rings is 3. The van der Waals surface area contributed by atoms with E-state index in [1.165, 1.54) is 66.6 Å². The molecule has 0 bridgehead atoms. The number of benzene rings is 3. The molecule has 9 rings (SSSR count). The SMILES string of the molecule is C.C.C.CC[C@@H](Nc1nsnc1Nc1ccc(Cl)c(S(=O)(=O)N(C)C)c1O)c1cc(C(C)C)co1.CC[C@@H](Nc1nsnc1Nc1cccc(S(=O)(=O)N(C)C)c1O)c1cc(C(C)C)co1.Cc1cc([C@H](Nc2nsnc2Nc2cccc(S(=O)(=O)N(C)C)c2O)C(C)C)oc1C. The largest absolute Gasteiger partial charge is 0.504 e. The van der Waals surface area contributed by atoms with Crippen LogP contribution in [-0.2, 0) is 30.1 Å². The Kier molecular flexibility index (Phi) is 29.3. The molecule has 0 radical (unpaired) electrons. The third-order valence-corrected chi connectivity index (χ3v) is 22.3. The van der Waals surface area contributed by atoms with Gasteiger partial charge in [0.2, 0.25) is 30.1 Å². The van der Waals surface area contributed by atoms with Crippen molar-refractivity contribution in [3.05, 3.63) is 124 Å². The zero-order valence-electron chi connectivity index (χ0n) is 54.8. The number of aromatic nitrogens is 6. The number of anilines is 9. The summed E-state index contributed by atoms with van der Waals surface area (Å²) in [5, 5.41) is 50.7. The Labute approximate surface area is 588 Å². The van der Waals surface area contributed by atoms with Gasteiger partial charge in [-0.15, -0.1) is 0 Å². The zero-order chi connectivity index (χ0) is 69.3. The maximum absolute atomic E-state index is 12.6. The number of rotatable bonds is 26. The highest BCUT2D eigenvalue weighted by atomic mass is 35.5. The lowest BCUT2D eigenvalue weighted by Crippen LogP contribution is -2.22. The molecule has 34 heteroatoms. The van der Waals surface area contributed by atoms with Crippen molar-refractivity contribution in [2.75, 3.05) is 74.2 Å². The minimum atomic E-state index is -3.96. The summed E-state index contributed by atoms with van der Waals surface area (Å²) < 4.78 is 121. The number of nitrogens with one attached hydrogen (secondary N) is 6. The van der Waals surface area contributed by atoms with Gasteiger partial charge in [-0.25, -0.2) is 38.2 Å². The molecular weight excluding hydrogens is 1390 g/mol. The number of hydrogen-bond acceptors (Lipinski definition) is 27. The van der Waals surface area contributed by atoms with Gasteiger partial charge in [0.05, 0.1) is 87.9 Å². The summed E-state index contributed by atoms with van der Waals surface area (Å²) in [6.07, 6.45) is 5.00. The Morgan fingerprint density at radius 3 is 1.21 bits per heavy atom. The molecule has 0 saturated heterocycles. The molecule has 534 valence electrons. The molecule has 6 heterocycles. The maximum atomic E-state index is 12.6. The van der Waals surface area contributed by atoms with Crippen molar-refractivity contribution < 1.29 is 53.8 Å². The van der Waals surface area contributed by atoms with E-state index in [2.05, 4.69) is 99.7 Å². The first-order chi connectivity index (χ1) is 44.2. The predicted octanol–water partition coefficient (Wildman–Crippen LogP) is 15.9. The molecule has 3 aromatic carbocycles. The first-order valence-electron chi connectivity index (χ1n) is 29.5. The van der Waals surface area contributed by atoms with Gasteiger partial charge in [-0.2, -0.15) is 26.2 Å². The van der Waals surface area contributed by atoms with Gasteiger partial charge in [-0.1, -0.05) is 101 Å². The van der Waals surface area contributed by atoms with E-state index in [4.69, 9.17) is 24.9 Å². The van der Waals surface area contributed by atoms with E-state index in [1.54, 1.807) is 36.8 Å². The molecule has 0 aliphatic heterocycles. The Balaban J connectivity index is 0.000000305. The molecule has 0 aliphatic carbocycles. The fraction of sp³-hybridized carbons (Fsp3) is 0.429. The summed E-state index contributed by atoms with van der Waals surface area (Å²) in [6.45, 7) is 20.5. The van der Waals surface area contributed by atoms with Gasteiger partial charge in [0.25, 0.3) is 0 Å². The standard InChI is InChI=1S/C20H26ClN5O4S2.2C20H27N5O4S2.3CH4/c1-6-14(16-9-12(10-30-16)11(2)3)22-19-20(25-31-24-19)23-15-8-7-13(21)18(17(15)27)32(28,29)26(4)5;1-11(2)17(15-10-12(3)13(4)29-15)22-20-19(23-30-24-20)21-14-8-7-9-16(18(14)26)31(27,28)25(5)6;1-6-14(16-10-13(11-29-16)12(2)3)21-19-20(24-30-23-19)22-15-8-7-9-17(18(15)26)31(27,28)25(4)5;;;/h7-11,14,27H,6H2,1-5H3,(H,22,24)(H,23,25);7-11,17,26H,1-6H3,(H,21,23)(H,22,24);7-12,14,26H,6H2,1-5H3,(H,21,23)(H,22,24);3*1H4/t14-;17-;14-;;;/m111.../s1. The van der Waals surface area contributed by atoms with E-state index in [-0.39, 0.29) is 94.6 Å². The van der Waals surface area contributed by atoms with Crippen LogP contribution in [-0.4, -0.2) is 122 Å². The van der Waals surface area contributed by atoms with Crippen LogP contribution >= 0.6 is 46.8 Å². The Morgan fingerprint density at radius 2 is 0.876 bits per heavy atom. The molecule has 0 unspecified atom stereocenters. The average molecular weight is 1480 g/mol. The molecule has 3 atom stereocenters. The highest BCUT2D eigenvalue weighted by molar-refractivity contribution is 7.89. The van der Waals surface area contributed by atoms with Crippen molar-refractivity contribution in [3.63, 3.8) is 0 Å². The second-order valence-corrected chi connectivity index (χ2v) is 31.4. The number of aryl methyl sites for hydroxylation is 2. The Morgan fingerprint density at radius 1 is 0.505 bits per heavy atom. The van der Waals surface area contributed by atoms with Gasteiger partial charge in [0.15, 0.2) is 52.2 Å². The van der Waals surface area contributed by atoms with Crippen molar-refractivity contribution in [1.29, 1.82) is 0 Å². The average Bonchev–Trinajstić information content (AvgIpc) is 1.42. The summed E-state index contributed by atoms with van der Waals surface area (Å²) in [5.41, 5.74) is 3.86. The second kappa shape index (κ2) is 34.7. The smallest absolute Gasteiger partial charge is 0.247 e. The first-order valence-corrected chi connectivity index (χ1v) is 36.4. The number of phenolic OH excluding ortho intramolecular Hbond substituents is 3. The lowest BCUT2D eigenvalue weighted by atomic mass is 10.0. The minimum Gasteiger partial charge on any atom is -0.504 e. The van der Waals surface area contributed by atoms with E-state index in [0.29, 0.717) is 46.7 Å². The highest BCUT2D eigenvalue weighted by Crippen LogP contribution is 2.43. The number of halogens is 1. The molecule has 9 N–H and O–H groups in total. The summed E-state index contributed by atoms with van der Waals surface area (Å²) in [6, 6.07) is 17.5. The molecule has 9 aromatic rings. The summed E-state index contributed by atoms with van der Waals surface area (Å²) >= 11 is 9.06. The second-order valence-electron chi connectivity index (χ2n) is 23.0. The third kappa shape index (κ3) is 19.2. The van der Waals surface area contributed by atoms with Crippen LogP contribution in [0.25, 0.3) is 0 Å². The van der Waals surface area contributed by atoms with Gasteiger partial charge in [0, 0.05) is 42.3 Å². The minimum absolute atomic E-state index is 0. The zero-order valence-corrected chi connectivity index (χ0v) is 60.4. The fourth-order valence-corrected chi connectivity index (χ4v) is 13.8. The van der Waals surface area contributed by atoms with E-state index in [0.717, 1.165) is 101 Å². The topological polar surface area (TPSA) is 362 Å². The van der Waals surface area contributed by atoms with Gasteiger partial charge in [0.1, 0.15) is 37.7 Å². The van der Waals surface area contributed by atoms with E-state index in [9.17, 15) is 40.6 Å². The number of phenols is 3. The van der Waals surface area contributed by atoms with E-state index in [1.807, 2.05) is 45.9 Å². The number of sulfonamides is 3. The van der Waals surface area contributed by atoms with Crippen LogP contribution in [0.2, 0.25) is 5.02 Å². The normalized spacial score (nSPS) is 12.6. The highest BCUT2D eigenvalue weighted by Gasteiger charge is 2.31. The molecule has 0 aliphatic rings. The van der Waals surface area contributed by atoms with Gasteiger partial charge < -0.3 is 60.5 Å². The summed E-state index contributed by atoms with van der Waals surface area (Å²) in [7, 11) is -3.21. The van der Waals surface area contributed by atoms with Crippen LogP contribution < -0.4 is 31.9 Å².